The smallest absolute Gasteiger partial charge is 0.407 e. The summed E-state index contributed by atoms with van der Waals surface area (Å²) in [4.78, 5) is 36.0. The first kappa shape index (κ1) is 21.4. The van der Waals surface area contributed by atoms with Crippen LogP contribution in [0.2, 0.25) is 0 Å². The first-order chi connectivity index (χ1) is 13.0. The summed E-state index contributed by atoms with van der Waals surface area (Å²) in [6.45, 7) is 7.02. The second-order valence-electron chi connectivity index (χ2n) is 7.60. The van der Waals surface area contributed by atoms with Crippen LogP contribution in [0.3, 0.4) is 0 Å². The predicted octanol–water partition coefficient (Wildman–Crippen LogP) is 3.19. The maximum atomic E-state index is 14.4. The molecule has 28 heavy (non-hydrogen) atoms. The van der Waals surface area contributed by atoms with Gasteiger partial charge in [0.05, 0.1) is 4.92 Å². The summed E-state index contributed by atoms with van der Waals surface area (Å²) in [5.74, 6) is -1.30. The largest absolute Gasteiger partial charge is 0.444 e. The number of ether oxygens (including phenoxy) is 1. The van der Waals surface area contributed by atoms with Crippen molar-refractivity contribution in [2.24, 2.45) is 0 Å². The van der Waals surface area contributed by atoms with Gasteiger partial charge < -0.3 is 20.3 Å². The van der Waals surface area contributed by atoms with E-state index in [0.29, 0.717) is 19.4 Å². The SMILES string of the molecule is CC(=O)Nc1c(F)ccc([N+](=O)[O-])c1N1CCC[C@H]1CNC(=O)OC(C)(C)C. The number of hydrogen-bond acceptors (Lipinski definition) is 6. The number of benzene rings is 1. The van der Waals surface area contributed by atoms with Crippen LogP contribution in [0.5, 0.6) is 0 Å². The van der Waals surface area contributed by atoms with E-state index in [2.05, 4.69) is 10.6 Å². The summed E-state index contributed by atoms with van der Waals surface area (Å²) >= 11 is 0. The third kappa shape index (κ3) is 5.30. The quantitative estimate of drug-likeness (QED) is 0.584. The molecule has 1 aliphatic heterocycles. The summed E-state index contributed by atoms with van der Waals surface area (Å²) in [7, 11) is 0. The van der Waals surface area contributed by atoms with Gasteiger partial charge in [0.2, 0.25) is 5.91 Å². The number of hydrogen-bond donors (Lipinski definition) is 2. The van der Waals surface area contributed by atoms with Gasteiger partial charge >= 0.3 is 6.09 Å². The summed E-state index contributed by atoms with van der Waals surface area (Å²) in [5.41, 5.74) is -1.19. The zero-order chi connectivity index (χ0) is 21.1. The molecule has 0 saturated carbocycles. The highest BCUT2D eigenvalue weighted by atomic mass is 19.1. The van der Waals surface area contributed by atoms with Crippen molar-refractivity contribution in [3.05, 3.63) is 28.1 Å². The van der Waals surface area contributed by atoms with Crippen LogP contribution in [0.4, 0.5) is 26.2 Å². The van der Waals surface area contributed by atoms with Gasteiger partial charge in [0.25, 0.3) is 5.69 Å². The maximum Gasteiger partial charge on any atom is 0.407 e. The fourth-order valence-electron chi connectivity index (χ4n) is 3.15. The second kappa shape index (κ2) is 8.41. The lowest BCUT2D eigenvalue weighted by Crippen LogP contribution is -2.42. The minimum atomic E-state index is -0.762. The molecule has 154 valence electrons. The number of alkyl carbamates (subject to hydrolysis) is 1. The van der Waals surface area contributed by atoms with Gasteiger partial charge in [-0.1, -0.05) is 0 Å². The Labute approximate surface area is 162 Å². The number of halogens is 1. The van der Waals surface area contributed by atoms with Crippen LogP contribution in [0.15, 0.2) is 12.1 Å². The third-order valence-electron chi connectivity index (χ3n) is 4.15. The summed E-state index contributed by atoms with van der Waals surface area (Å²) in [6.07, 6.45) is 0.742. The molecule has 1 aromatic rings. The van der Waals surface area contributed by atoms with Crippen molar-refractivity contribution < 1.29 is 23.6 Å². The molecule has 1 saturated heterocycles. The van der Waals surface area contributed by atoms with E-state index in [4.69, 9.17) is 4.74 Å². The number of rotatable bonds is 5. The lowest BCUT2D eigenvalue weighted by atomic mass is 10.1. The van der Waals surface area contributed by atoms with Crippen molar-refractivity contribution in [1.29, 1.82) is 0 Å². The van der Waals surface area contributed by atoms with Crippen LogP contribution in [0.25, 0.3) is 0 Å². The zero-order valence-corrected chi connectivity index (χ0v) is 16.4. The standard InChI is InChI=1S/C18H25FN4O5/c1-11(24)21-15-13(19)7-8-14(23(26)27)16(15)22-9-5-6-12(22)10-20-17(25)28-18(2,3)4/h7-8,12H,5-6,9-10H2,1-4H3,(H,20,25)(H,21,24)/t12-/m0/s1. The Hall–Kier alpha value is -2.91. The number of nitrogens with zero attached hydrogens (tertiary/aromatic N) is 2. The Morgan fingerprint density at radius 2 is 2.07 bits per heavy atom. The minimum Gasteiger partial charge on any atom is -0.444 e. The zero-order valence-electron chi connectivity index (χ0n) is 16.4. The van der Waals surface area contributed by atoms with E-state index in [9.17, 15) is 24.1 Å². The Kier molecular flexibility index (Phi) is 6.42. The van der Waals surface area contributed by atoms with Crippen molar-refractivity contribution in [1.82, 2.24) is 5.32 Å². The van der Waals surface area contributed by atoms with Crippen LogP contribution in [-0.4, -0.2) is 41.7 Å². The van der Waals surface area contributed by atoms with E-state index < -0.39 is 28.3 Å². The first-order valence-electron chi connectivity index (χ1n) is 8.97. The third-order valence-corrected chi connectivity index (χ3v) is 4.15. The molecule has 10 heteroatoms. The number of amides is 2. The second-order valence-corrected chi connectivity index (χ2v) is 7.60. The molecule has 0 spiro atoms. The normalized spacial score (nSPS) is 16.6. The number of carbonyl (C=O) groups is 2. The van der Waals surface area contributed by atoms with E-state index in [-0.39, 0.29) is 29.6 Å². The first-order valence-corrected chi connectivity index (χ1v) is 8.97. The van der Waals surface area contributed by atoms with Gasteiger partial charge in [-0.05, 0) is 39.7 Å². The molecule has 1 atom stereocenters. The van der Waals surface area contributed by atoms with Crippen molar-refractivity contribution in [2.75, 3.05) is 23.3 Å². The van der Waals surface area contributed by atoms with Crippen molar-refractivity contribution in [3.8, 4) is 0 Å². The molecular weight excluding hydrogens is 371 g/mol. The average Bonchev–Trinajstić information content (AvgIpc) is 3.00. The Balaban J connectivity index is 2.31. The molecule has 1 aliphatic rings. The average molecular weight is 396 g/mol. The topological polar surface area (TPSA) is 114 Å². The molecule has 2 N–H and O–H groups in total. The van der Waals surface area contributed by atoms with Gasteiger partial charge in [0, 0.05) is 32.1 Å². The Bertz CT molecular complexity index is 778. The highest BCUT2D eigenvalue weighted by Crippen LogP contribution is 2.41. The van der Waals surface area contributed by atoms with E-state index in [1.165, 1.54) is 6.92 Å². The highest BCUT2D eigenvalue weighted by Gasteiger charge is 2.34. The number of anilines is 2. The minimum absolute atomic E-state index is 0.00805. The van der Waals surface area contributed by atoms with Crippen LogP contribution >= 0.6 is 0 Å². The highest BCUT2D eigenvalue weighted by molar-refractivity contribution is 5.95. The van der Waals surface area contributed by atoms with Gasteiger partial charge in [-0.3, -0.25) is 14.9 Å². The van der Waals surface area contributed by atoms with Crippen molar-refractivity contribution in [2.45, 2.75) is 52.2 Å². The number of nitrogens with one attached hydrogen (secondary N) is 2. The monoisotopic (exact) mass is 396 g/mol. The van der Waals surface area contributed by atoms with Gasteiger partial charge in [-0.2, -0.15) is 0 Å². The van der Waals surface area contributed by atoms with E-state index >= 15 is 0 Å². The molecule has 0 bridgehead atoms. The molecular formula is C18H25FN4O5. The van der Waals surface area contributed by atoms with Crippen molar-refractivity contribution >= 4 is 29.1 Å². The predicted molar refractivity (Wildman–Crippen MR) is 102 cm³/mol. The molecule has 2 rings (SSSR count). The maximum absolute atomic E-state index is 14.4. The van der Waals surface area contributed by atoms with E-state index in [1.807, 2.05) is 0 Å². The molecule has 0 aromatic heterocycles. The van der Waals surface area contributed by atoms with Gasteiger partial charge in [-0.25, -0.2) is 9.18 Å². The Morgan fingerprint density at radius 1 is 1.39 bits per heavy atom. The molecule has 9 nitrogen and oxygen atoms in total. The number of nitro groups is 1. The lowest BCUT2D eigenvalue weighted by Gasteiger charge is -2.29. The number of nitro benzene ring substituents is 1. The van der Waals surface area contributed by atoms with Gasteiger partial charge in [0.1, 0.15) is 22.8 Å². The molecule has 1 heterocycles. The molecule has 0 unspecified atom stereocenters. The molecule has 1 fully saturated rings. The van der Waals surface area contributed by atoms with E-state index in [0.717, 1.165) is 12.1 Å². The van der Waals surface area contributed by atoms with Crippen LogP contribution in [0.1, 0.15) is 40.5 Å². The van der Waals surface area contributed by atoms with Gasteiger partial charge in [0.15, 0.2) is 0 Å². The summed E-state index contributed by atoms with van der Waals surface area (Å²) < 4.78 is 19.6. The van der Waals surface area contributed by atoms with Crippen LogP contribution < -0.4 is 15.5 Å². The molecule has 2 amide bonds. The van der Waals surface area contributed by atoms with Crippen LogP contribution in [0, 0.1) is 15.9 Å². The molecule has 0 aliphatic carbocycles. The molecule has 0 radical (unpaired) electrons. The molecule has 1 aromatic carbocycles. The number of carbonyl (C=O) groups excluding carboxylic acids is 2. The van der Waals surface area contributed by atoms with Crippen LogP contribution in [-0.2, 0) is 9.53 Å². The van der Waals surface area contributed by atoms with E-state index in [1.54, 1.807) is 25.7 Å². The van der Waals surface area contributed by atoms with Crippen molar-refractivity contribution in [3.63, 3.8) is 0 Å². The fraction of sp³-hybridized carbons (Fsp3) is 0.556. The lowest BCUT2D eigenvalue weighted by molar-refractivity contribution is -0.384. The summed E-state index contributed by atoms with van der Waals surface area (Å²) in [5, 5.41) is 16.5. The fourth-order valence-corrected chi connectivity index (χ4v) is 3.15. The Morgan fingerprint density at radius 3 is 2.64 bits per heavy atom. The summed E-state index contributed by atoms with van der Waals surface area (Å²) in [6, 6.07) is 1.73. The van der Waals surface area contributed by atoms with Gasteiger partial charge in [-0.15, -0.1) is 0 Å².